The zero-order chi connectivity index (χ0) is 19.8. The molecule has 0 radical (unpaired) electrons. The summed E-state index contributed by atoms with van der Waals surface area (Å²) in [5.41, 5.74) is 1.26. The molecular formula is C21H28N6O2. The van der Waals surface area contributed by atoms with Crippen LogP contribution < -0.4 is 5.32 Å². The van der Waals surface area contributed by atoms with Crippen molar-refractivity contribution >= 4 is 11.9 Å². The first-order valence-electron chi connectivity index (χ1n) is 10.5. The summed E-state index contributed by atoms with van der Waals surface area (Å²) in [6.07, 6.45) is 7.73. The van der Waals surface area contributed by atoms with Crippen molar-refractivity contribution in [2.45, 2.75) is 32.4 Å². The standard InChI is InChI=1S/C21H28N6O2/c1-15-10-25(11-16-2-6-22-7-3-16)12-18(15)20-23-19-13-26(14-27(19)21(28)24-20)17-4-8-29-9-5-17/h2-3,6-7,13,15,17-18H,4-5,8-12,14H2,1H3,(H,23,24,28). The number of hydrogen-bond donors (Lipinski definition) is 1. The number of pyridine rings is 1. The van der Waals surface area contributed by atoms with Gasteiger partial charge in [0, 0.05) is 63.4 Å². The van der Waals surface area contributed by atoms with Crippen molar-refractivity contribution in [3.05, 3.63) is 42.1 Å². The monoisotopic (exact) mass is 396 g/mol. The Labute approximate surface area is 171 Å². The van der Waals surface area contributed by atoms with Crippen LogP contribution in [0.4, 0.5) is 4.79 Å². The molecule has 2 fully saturated rings. The lowest BCUT2D eigenvalue weighted by Crippen LogP contribution is -2.50. The SMILES string of the molecule is CC1CN(Cc2ccncc2)CC1C1=NC2=CN(C3CCOCC3)CN2C(=O)N1. The Morgan fingerprint density at radius 1 is 1.21 bits per heavy atom. The molecular weight excluding hydrogens is 368 g/mol. The Balaban J connectivity index is 1.30. The van der Waals surface area contributed by atoms with Crippen LogP contribution in [0.3, 0.4) is 0 Å². The molecule has 5 rings (SSSR count). The maximum atomic E-state index is 12.8. The molecule has 4 aliphatic rings. The summed E-state index contributed by atoms with van der Waals surface area (Å²) >= 11 is 0. The number of likely N-dealkylation sites (tertiary alicyclic amines) is 1. The van der Waals surface area contributed by atoms with Gasteiger partial charge in [0.25, 0.3) is 0 Å². The number of hydrogen-bond acceptors (Lipinski definition) is 6. The normalized spacial score (nSPS) is 28.2. The molecule has 1 N–H and O–H groups in total. The largest absolute Gasteiger partial charge is 0.381 e. The Hall–Kier alpha value is -2.45. The highest BCUT2D eigenvalue weighted by Gasteiger charge is 2.39. The molecule has 0 aromatic carbocycles. The highest BCUT2D eigenvalue weighted by atomic mass is 16.5. The maximum absolute atomic E-state index is 12.8. The van der Waals surface area contributed by atoms with Crippen LogP contribution in [0.5, 0.6) is 0 Å². The van der Waals surface area contributed by atoms with Gasteiger partial charge < -0.3 is 9.64 Å². The molecule has 8 heteroatoms. The second kappa shape index (κ2) is 7.76. The summed E-state index contributed by atoms with van der Waals surface area (Å²) in [6.45, 7) is 7.21. The van der Waals surface area contributed by atoms with Crippen LogP contribution >= 0.6 is 0 Å². The number of aromatic nitrogens is 1. The van der Waals surface area contributed by atoms with Gasteiger partial charge in [-0.1, -0.05) is 6.92 Å². The van der Waals surface area contributed by atoms with Gasteiger partial charge in [-0.15, -0.1) is 0 Å². The van der Waals surface area contributed by atoms with E-state index in [2.05, 4.69) is 45.4 Å². The zero-order valence-electron chi connectivity index (χ0n) is 16.8. The number of fused-ring (bicyclic) bond motifs is 1. The smallest absolute Gasteiger partial charge is 0.329 e. The van der Waals surface area contributed by atoms with Gasteiger partial charge in [-0.2, -0.15) is 0 Å². The number of carbonyl (C=O) groups excluding carboxylic acids is 1. The number of ether oxygens (including phenoxy) is 1. The van der Waals surface area contributed by atoms with Crippen molar-refractivity contribution in [3.8, 4) is 0 Å². The number of urea groups is 1. The Morgan fingerprint density at radius 3 is 2.79 bits per heavy atom. The molecule has 2 saturated heterocycles. The molecule has 2 atom stereocenters. The van der Waals surface area contributed by atoms with E-state index >= 15 is 0 Å². The van der Waals surface area contributed by atoms with Crippen LogP contribution in [0.25, 0.3) is 0 Å². The molecule has 0 saturated carbocycles. The van der Waals surface area contributed by atoms with E-state index in [1.54, 1.807) is 4.90 Å². The lowest BCUT2D eigenvalue weighted by atomic mass is 9.96. The van der Waals surface area contributed by atoms with Gasteiger partial charge in [-0.25, -0.2) is 9.79 Å². The first-order valence-corrected chi connectivity index (χ1v) is 10.5. The Kier molecular flexibility index (Phi) is 4.97. The maximum Gasteiger partial charge on any atom is 0.329 e. The third-order valence-electron chi connectivity index (χ3n) is 6.43. The van der Waals surface area contributed by atoms with Crippen LogP contribution in [0.15, 0.2) is 41.5 Å². The van der Waals surface area contributed by atoms with E-state index in [1.807, 2.05) is 12.4 Å². The van der Waals surface area contributed by atoms with Gasteiger partial charge in [0.05, 0.1) is 0 Å². The van der Waals surface area contributed by atoms with Crippen molar-refractivity contribution in [2.75, 3.05) is 33.0 Å². The first kappa shape index (κ1) is 18.6. The zero-order valence-corrected chi connectivity index (χ0v) is 16.8. The van der Waals surface area contributed by atoms with E-state index in [-0.39, 0.29) is 11.9 Å². The van der Waals surface area contributed by atoms with Crippen molar-refractivity contribution < 1.29 is 9.53 Å². The van der Waals surface area contributed by atoms with Crippen LogP contribution in [0.2, 0.25) is 0 Å². The van der Waals surface area contributed by atoms with Crippen molar-refractivity contribution in [1.29, 1.82) is 0 Å². The molecule has 4 aliphatic heterocycles. The predicted octanol–water partition coefficient (Wildman–Crippen LogP) is 1.82. The van der Waals surface area contributed by atoms with Crippen LogP contribution in [-0.4, -0.2) is 70.6 Å². The van der Waals surface area contributed by atoms with Gasteiger partial charge in [0.2, 0.25) is 0 Å². The third-order valence-corrected chi connectivity index (χ3v) is 6.43. The fourth-order valence-corrected chi connectivity index (χ4v) is 4.79. The minimum atomic E-state index is -0.0596. The highest BCUT2D eigenvalue weighted by molar-refractivity contribution is 6.02. The third kappa shape index (κ3) is 3.74. The molecule has 29 heavy (non-hydrogen) atoms. The summed E-state index contributed by atoms with van der Waals surface area (Å²) in [6, 6.07) is 4.48. The molecule has 5 heterocycles. The van der Waals surface area contributed by atoms with E-state index in [9.17, 15) is 4.79 Å². The van der Waals surface area contributed by atoms with Crippen molar-refractivity contribution in [2.24, 2.45) is 16.8 Å². The lowest BCUT2D eigenvalue weighted by Gasteiger charge is -2.32. The molecule has 154 valence electrons. The second-order valence-electron chi connectivity index (χ2n) is 8.48. The quantitative estimate of drug-likeness (QED) is 0.841. The van der Waals surface area contributed by atoms with Gasteiger partial charge in [0.1, 0.15) is 12.5 Å². The topological polar surface area (TPSA) is 73.3 Å². The molecule has 0 bridgehead atoms. The summed E-state index contributed by atoms with van der Waals surface area (Å²) in [5.74, 6) is 2.27. The fourth-order valence-electron chi connectivity index (χ4n) is 4.79. The van der Waals surface area contributed by atoms with E-state index in [0.717, 1.165) is 57.3 Å². The highest BCUT2D eigenvalue weighted by Crippen LogP contribution is 2.30. The molecule has 2 amide bonds. The minimum Gasteiger partial charge on any atom is -0.381 e. The average molecular weight is 396 g/mol. The number of rotatable bonds is 4. The molecule has 0 spiro atoms. The number of nitrogens with one attached hydrogen (secondary N) is 1. The Morgan fingerprint density at radius 2 is 2.00 bits per heavy atom. The summed E-state index contributed by atoms with van der Waals surface area (Å²) in [5, 5.41) is 3.08. The van der Waals surface area contributed by atoms with E-state index in [1.165, 1.54) is 5.56 Å². The van der Waals surface area contributed by atoms with E-state index in [0.29, 0.717) is 18.6 Å². The number of nitrogens with zero attached hydrogens (tertiary/aromatic N) is 5. The van der Waals surface area contributed by atoms with Crippen LogP contribution in [-0.2, 0) is 11.3 Å². The predicted molar refractivity (Wildman–Crippen MR) is 109 cm³/mol. The van der Waals surface area contributed by atoms with E-state index in [4.69, 9.17) is 9.73 Å². The lowest BCUT2D eigenvalue weighted by molar-refractivity contribution is 0.0459. The molecule has 2 unspecified atom stereocenters. The van der Waals surface area contributed by atoms with Gasteiger partial charge >= 0.3 is 6.03 Å². The number of amides is 2. The minimum absolute atomic E-state index is 0.0596. The summed E-state index contributed by atoms with van der Waals surface area (Å²) in [7, 11) is 0. The van der Waals surface area contributed by atoms with Crippen molar-refractivity contribution in [1.82, 2.24) is 25.0 Å². The summed E-state index contributed by atoms with van der Waals surface area (Å²) < 4.78 is 5.47. The average Bonchev–Trinajstić information content (AvgIpc) is 3.33. The molecule has 8 nitrogen and oxygen atoms in total. The summed E-state index contributed by atoms with van der Waals surface area (Å²) in [4.78, 5) is 28.2. The molecule has 1 aromatic rings. The van der Waals surface area contributed by atoms with Gasteiger partial charge in [-0.05, 0) is 36.5 Å². The Bertz CT molecular complexity index is 820. The van der Waals surface area contributed by atoms with Crippen LogP contribution in [0.1, 0.15) is 25.3 Å². The first-order chi connectivity index (χ1) is 14.2. The number of amidine groups is 1. The van der Waals surface area contributed by atoms with Crippen molar-refractivity contribution in [3.63, 3.8) is 0 Å². The fraction of sp³-hybridized carbons (Fsp3) is 0.571. The molecule has 1 aromatic heterocycles. The van der Waals surface area contributed by atoms with Crippen LogP contribution in [0, 0.1) is 11.8 Å². The molecule has 0 aliphatic carbocycles. The van der Waals surface area contributed by atoms with Gasteiger partial charge in [0.15, 0.2) is 5.82 Å². The van der Waals surface area contributed by atoms with Gasteiger partial charge in [-0.3, -0.25) is 20.1 Å². The number of carbonyl (C=O) groups is 1. The number of aliphatic imine (C=N–C) groups is 1. The van der Waals surface area contributed by atoms with E-state index < -0.39 is 0 Å². The second-order valence-corrected chi connectivity index (χ2v) is 8.48.